The molecule has 0 aliphatic heterocycles. The zero-order chi connectivity index (χ0) is 19.6. The molecule has 26 heavy (non-hydrogen) atoms. The number of alkyl halides is 3. The summed E-state index contributed by atoms with van der Waals surface area (Å²) in [5.41, 5.74) is -2.19. The van der Waals surface area contributed by atoms with E-state index < -0.39 is 40.7 Å². The highest BCUT2D eigenvalue weighted by molar-refractivity contribution is 9.10. The first-order chi connectivity index (χ1) is 12.1. The molecule has 2 rings (SSSR count). The zero-order valence-corrected chi connectivity index (χ0v) is 14.3. The summed E-state index contributed by atoms with van der Waals surface area (Å²) in [6.45, 7) is 0. The van der Waals surface area contributed by atoms with Crippen LogP contribution in [-0.4, -0.2) is 13.3 Å². The van der Waals surface area contributed by atoms with Crippen LogP contribution in [0.5, 0.6) is 5.75 Å². The molecule has 0 bridgehead atoms. The van der Waals surface area contributed by atoms with Gasteiger partial charge in [0.25, 0.3) is 0 Å². The van der Waals surface area contributed by atoms with Crippen molar-refractivity contribution in [3.05, 3.63) is 57.1 Å². The maximum Gasteiger partial charge on any atom is 0.422 e. The molecule has 0 saturated heterocycles. The number of methoxy groups -OCH3 is 1. The SMILES string of the molecule is COc1ccc(Br)cc1/C=N/Nc1c(F)c(F)c(C(F)(F)F)c(F)c1F. The van der Waals surface area contributed by atoms with Crippen molar-refractivity contribution in [2.45, 2.75) is 6.18 Å². The van der Waals surface area contributed by atoms with Gasteiger partial charge in [-0.15, -0.1) is 0 Å². The molecule has 0 aliphatic rings. The molecule has 0 radical (unpaired) electrons. The maximum atomic E-state index is 13.7. The molecule has 0 saturated carbocycles. The second-order valence-corrected chi connectivity index (χ2v) is 5.68. The number of hydrogen-bond acceptors (Lipinski definition) is 3. The van der Waals surface area contributed by atoms with Gasteiger partial charge in [0, 0.05) is 10.0 Å². The molecule has 0 heterocycles. The molecule has 0 aromatic heterocycles. The number of nitrogens with zero attached hydrogens (tertiary/aromatic N) is 1. The van der Waals surface area contributed by atoms with Crippen LogP contribution in [0.25, 0.3) is 0 Å². The average molecular weight is 445 g/mol. The Hall–Kier alpha value is -2.30. The van der Waals surface area contributed by atoms with Crippen LogP contribution in [0.1, 0.15) is 11.1 Å². The van der Waals surface area contributed by atoms with E-state index in [0.29, 0.717) is 15.8 Å². The van der Waals surface area contributed by atoms with E-state index in [9.17, 15) is 30.7 Å². The van der Waals surface area contributed by atoms with Crippen molar-refractivity contribution in [2.75, 3.05) is 12.5 Å². The fourth-order valence-electron chi connectivity index (χ4n) is 1.95. The van der Waals surface area contributed by atoms with Gasteiger partial charge in [-0.25, -0.2) is 17.6 Å². The lowest BCUT2D eigenvalue weighted by molar-refractivity contribution is -0.143. The van der Waals surface area contributed by atoms with Gasteiger partial charge in [-0.3, -0.25) is 5.43 Å². The van der Waals surface area contributed by atoms with Crippen molar-refractivity contribution in [2.24, 2.45) is 5.10 Å². The quantitative estimate of drug-likeness (QED) is 0.293. The van der Waals surface area contributed by atoms with Gasteiger partial charge >= 0.3 is 6.18 Å². The third-order valence-corrected chi connectivity index (χ3v) is 3.61. The highest BCUT2D eigenvalue weighted by atomic mass is 79.9. The third-order valence-electron chi connectivity index (χ3n) is 3.12. The topological polar surface area (TPSA) is 33.6 Å². The van der Waals surface area contributed by atoms with Crippen molar-refractivity contribution in [1.29, 1.82) is 0 Å². The van der Waals surface area contributed by atoms with Crippen molar-refractivity contribution in [3.8, 4) is 5.75 Å². The smallest absolute Gasteiger partial charge is 0.422 e. The van der Waals surface area contributed by atoms with Crippen LogP contribution in [-0.2, 0) is 6.18 Å². The first kappa shape index (κ1) is 20.0. The normalized spacial score (nSPS) is 11.9. The Morgan fingerprint density at radius 3 is 2.12 bits per heavy atom. The summed E-state index contributed by atoms with van der Waals surface area (Å²) in [5, 5.41) is 3.39. The van der Waals surface area contributed by atoms with Gasteiger partial charge in [0.2, 0.25) is 0 Å². The first-order valence-electron chi connectivity index (χ1n) is 6.63. The second kappa shape index (κ2) is 7.52. The Bertz CT molecular complexity index is 839. The predicted octanol–water partition coefficient (Wildman–Crippen LogP) is 5.48. The van der Waals surface area contributed by atoms with Gasteiger partial charge < -0.3 is 4.74 Å². The van der Waals surface area contributed by atoms with Crippen LogP contribution < -0.4 is 10.2 Å². The second-order valence-electron chi connectivity index (χ2n) is 4.76. The molecular weight excluding hydrogens is 437 g/mol. The summed E-state index contributed by atoms with van der Waals surface area (Å²) in [6.07, 6.45) is -4.61. The van der Waals surface area contributed by atoms with Crippen molar-refractivity contribution in [1.82, 2.24) is 0 Å². The molecule has 0 unspecified atom stereocenters. The zero-order valence-electron chi connectivity index (χ0n) is 12.7. The summed E-state index contributed by atoms with van der Waals surface area (Å²) in [4.78, 5) is 0. The number of ether oxygens (including phenoxy) is 1. The van der Waals surface area contributed by atoms with Crippen molar-refractivity contribution < 1.29 is 35.5 Å². The summed E-state index contributed by atoms with van der Waals surface area (Å²) in [6, 6.07) is 4.66. The monoisotopic (exact) mass is 444 g/mol. The van der Waals surface area contributed by atoms with Crippen LogP contribution >= 0.6 is 15.9 Å². The van der Waals surface area contributed by atoms with Crippen molar-refractivity contribution in [3.63, 3.8) is 0 Å². The molecule has 0 fully saturated rings. The first-order valence-corrected chi connectivity index (χ1v) is 7.43. The minimum absolute atomic E-state index is 0.308. The molecule has 3 nitrogen and oxygen atoms in total. The van der Waals surface area contributed by atoms with E-state index >= 15 is 0 Å². The van der Waals surface area contributed by atoms with Gasteiger partial charge in [-0.05, 0) is 18.2 Å². The molecule has 0 atom stereocenters. The molecular formula is C15H8BrF7N2O. The van der Waals surface area contributed by atoms with Gasteiger partial charge in [0.1, 0.15) is 17.0 Å². The molecule has 0 amide bonds. The van der Waals surface area contributed by atoms with Crippen LogP contribution in [0.4, 0.5) is 36.4 Å². The summed E-state index contributed by atoms with van der Waals surface area (Å²) in [5.74, 6) is -9.35. The minimum Gasteiger partial charge on any atom is -0.496 e. The fourth-order valence-corrected chi connectivity index (χ4v) is 2.33. The van der Waals surface area contributed by atoms with Gasteiger partial charge in [-0.2, -0.15) is 18.3 Å². The molecule has 0 aliphatic carbocycles. The highest BCUT2D eigenvalue weighted by Gasteiger charge is 2.42. The number of rotatable bonds is 4. The molecule has 0 spiro atoms. The summed E-state index contributed by atoms with van der Waals surface area (Å²) >= 11 is 3.17. The van der Waals surface area contributed by atoms with E-state index in [1.165, 1.54) is 19.2 Å². The number of halogens is 8. The van der Waals surface area contributed by atoms with Gasteiger partial charge in [-0.1, -0.05) is 15.9 Å². The van der Waals surface area contributed by atoms with Crippen LogP contribution in [0.3, 0.4) is 0 Å². The van der Waals surface area contributed by atoms with Crippen LogP contribution in [0.15, 0.2) is 27.8 Å². The maximum absolute atomic E-state index is 13.7. The van der Waals surface area contributed by atoms with Gasteiger partial charge in [0.15, 0.2) is 23.3 Å². The van der Waals surface area contributed by atoms with Crippen molar-refractivity contribution >= 4 is 27.8 Å². The van der Waals surface area contributed by atoms with Gasteiger partial charge in [0.05, 0.1) is 13.3 Å². The lowest BCUT2D eigenvalue weighted by Crippen LogP contribution is -2.16. The summed E-state index contributed by atoms with van der Waals surface area (Å²) < 4.78 is 97.6. The van der Waals surface area contributed by atoms with E-state index in [1.54, 1.807) is 11.5 Å². The van der Waals surface area contributed by atoms with E-state index in [4.69, 9.17) is 4.74 Å². The Morgan fingerprint density at radius 1 is 1.04 bits per heavy atom. The molecule has 2 aromatic rings. The standard InChI is InChI=1S/C15H8BrF7N2O/c1-26-8-3-2-7(16)4-6(8)5-24-25-14-12(19)10(17)9(15(21,22)23)11(18)13(14)20/h2-5,25H,1H3/b24-5+. The number of hydrogen-bond donors (Lipinski definition) is 1. The summed E-state index contributed by atoms with van der Waals surface area (Å²) in [7, 11) is 1.34. The Balaban J connectivity index is 2.41. The number of anilines is 1. The lowest BCUT2D eigenvalue weighted by atomic mass is 10.1. The fraction of sp³-hybridized carbons (Fsp3) is 0.133. The largest absolute Gasteiger partial charge is 0.496 e. The Kier molecular flexibility index (Phi) is 5.79. The lowest BCUT2D eigenvalue weighted by Gasteiger charge is -2.13. The third kappa shape index (κ3) is 3.92. The van der Waals surface area contributed by atoms with Crippen LogP contribution in [0, 0.1) is 23.3 Å². The van der Waals surface area contributed by atoms with Crippen LogP contribution in [0.2, 0.25) is 0 Å². The highest BCUT2D eigenvalue weighted by Crippen LogP contribution is 2.38. The minimum atomic E-state index is -5.61. The number of benzene rings is 2. The molecule has 11 heteroatoms. The molecule has 2 aromatic carbocycles. The number of nitrogens with one attached hydrogen (secondary N) is 1. The predicted molar refractivity (Wildman–Crippen MR) is 83.2 cm³/mol. The van der Waals surface area contributed by atoms with E-state index in [2.05, 4.69) is 21.0 Å². The Labute approximate surface area is 150 Å². The van der Waals surface area contributed by atoms with E-state index in [1.807, 2.05) is 0 Å². The number of hydrazone groups is 1. The molecule has 1 N–H and O–H groups in total. The molecule has 140 valence electrons. The van der Waals surface area contributed by atoms with E-state index in [0.717, 1.165) is 6.21 Å². The average Bonchev–Trinajstić information content (AvgIpc) is 2.55. The Morgan fingerprint density at radius 2 is 1.62 bits per heavy atom. The van der Waals surface area contributed by atoms with E-state index in [-0.39, 0.29) is 0 Å².